The molecule has 0 spiro atoms. The number of aryl methyl sites for hydroxylation is 1. The Morgan fingerprint density at radius 3 is 2.70 bits per heavy atom. The summed E-state index contributed by atoms with van der Waals surface area (Å²) >= 11 is 6.24. The van der Waals surface area contributed by atoms with E-state index in [4.69, 9.17) is 22.1 Å². The minimum atomic E-state index is -0.0708. The molecule has 1 aromatic carbocycles. The summed E-state index contributed by atoms with van der Waals surface area (Å²) < 4.78 is 4.86. The number of esters is 1. The van der Waals surface area contributed by atoms with Crippen molar-refractivity contribution in [2.45, 2.75) is 45.4 Å². The summed E-state index contributed by atoms with van der Waals surface area (Å²) in [6, 6.07) is 7.80. The number of aromatic nitrogens is 2. The predicted octanol–water partition coefficient (Wildman–Crippen LogP) is 4.60. The highest BCUT2D eigenvalue weighted by molar-refractivity contribution is 6.31. The van der Waals surface area contributed by atoms with Crippen LogP contribution in [-0.4, -0.2) is 23.0 Å². The first-order valence-corrected chi connectivity index (χ1v) is 9.82. The predicted molar refractivity (Wildman–Crippen MR) is 107 cm³/mol. The summed E-state index contributed by atoms with van der Waals surface area (Å²) in [4.78, 5) is 20.5. The maximum absolute atomic E-state index is 11.7. The van der Waals surface area contributed by atoms with Crippen LogP contribution in [0.25, 0.3) is 11.3 Å². The van der Waals surface area contributed by atoms with E-state index in [1.807, 2.05) is 31.2 Å². The maximum Gasteiger partial charge on any atom is 0.308 e. The fourth-order valence-electron chi connectivity index (χ4n) is 3.87. The van der Waals surface area contributed by atoms with Crippen LogP contribution >= 0.6 is 11.6 Å². The molecule has 1 aliphatic rings. The molecular formula is C21H26ClN3O2. The van der Waals surface area contributed by atoms with Crippen molar-refractivity contribution in [3.05, 3.63) is 40.5 Å². The average Bonchev–Trinajstić information content (AvgIpc) is 2.68. The number of nitrogens with zero attached hydrogens (tertiary/aromatic N) is 2. The highest BCUT2D eigenvalue weighted by Crippen LogP contribution is 2.33. The average molecular weight is 388 g/mol. The SMILES string of the molecule is COC(=O)C1CCC(CCc2cc(-c3cccc(Cl)c3C)nc(N)n2)CC1. The number of carbonyl (C=O) groups is 1. The Labute approximate surface area is 165 Å². The zero-order valence-electron chi connectivity index (χ0n) is 15.9. The lowest BCUT2D eigenvalue weighted by atomic mass is 9.80. The molecule has 27 heavy (non-hydrogen) atoms. The van der Waals surface area contributed by atoms with E-state index in [0.29, 0.717) is 10.9 Å². The smallest absolute Gasteiger partial charge is 0.308 e. The zero-order chi connectivity index (χ0) is 19.4. The Morgan fingerprint density at radius 2 is 2.00 bits per heavy atom. The number of rotatable bonds is 5. The van der Waals surface area contributed by atoms with Gasteiger partial charge < -0.3 is 10.5 Å². The Balaban J connectivity index is 1.66. The first kappa shape index (κ1) is 19.6. The molecule has 0 bridgehead atoms. The van der Waals surface area contributed by atoms with Crippen molar-refractivity contribution in [3.8, 4) is 11.3 Å². The molecule has 3 rings (SSSR count). The normalized spacial score (nSPS) is 19.7. The second-order valence-corrected chi connectivity index (χ2v) is 7.70. The van der Waals surface area contributed by atoms with Gasteiger partial charge >= 0.3 is 5.97 Å². The van der Waals surface area contributed by atoms with Crippen LogP contribution in [0.15, 0.2) is 24.3 Å². The van der Waals surface area contributed by atoms with Gasteiger partial charge in [0.2, 0.25) is 5.95 Å². The molecular weight excluding hydrogens is 362 g/mol. The van der Waals surface area contributed by atoms with Crippen molar-refractivity contribution in [2.24, 2.45) is 11.8 Å². The maximum atomic E-state index is 11.7. The molecule has 1 saturated carbocycles. The number of halogens is 1. The molecule has 0 amide bonds. The number of carbonyl (C=O) groups excluding carboxylic acids is 1. The molecule has 1 heterocycles. The monoisotopic (exact) mass is 387 g/mol. The van der Waals surface area contributed by atoms with Crippen LogP contribution in [-0.2, 0) is 16.0 Å². The van der Waals surface area contributed by atoms with Crippen LogP contribution in [0.5, 0.6) is 0 Å². The minimum Gasteiger partial charge on any atom is -0.469 e. The van der Waals surface area contributed by atoms with Gasteiger partial charge in [-0.05, 0) is 69.1 Å². The highest BCUT2D eigenvalue weighted by Gasteiger charge is 2.26. The molecule has 0 saturated heterocycles. The van der Waals surface area contributed by atoms with Gasteiger partial charge in [-0.1, -0.05) is 23.7 Å². The van der Waals surface area contributed by atoms with Gasteiger partial charge in [-0.25, -0.2) is 9.97 Å². The van der Waals surface area contributed by atoms with Crippen LogP contribution in [0.2, 0.25) is 5.02 Å². The van der Waals surface area contributed by atoms with Gasteiger partial charge in [0.25, 0.3) is 0 Å². The van der Waals surface area contributed by atoms with E-state index in [1.54, 1.807) is 0 Å². The molecule has 144 valence electrons. The van der Waals surface area contributed by atoms with Gasteiger partial charge in [0.05, 0.1) is 18.7 Å². The third-order valence-corrected chi connectivity index (χ3v) is 5.94. The number of nitrogens with two attached hydrogens (primary N) is 1. The van der Waals surface area contributed by atoms with E-state index in [9.17, 15) is 4.79 Å². The molecule has 0 unspecified atom stereocenters. The van der Waals surface area contributed by atoms with Gasteiger partial charge in [0.15, 0.2) is 0 Å². The zero-order valence-corrected chi connectivity index (χ0v) is 16.6. The fourth-order valence-corrected chi connectivity index (χ4v) is 4.05. The second kappa shape index (κ2) is 8.70. The Morgan fingerprint density at radius 1 is 1.26 bits per heavy atom. The third kappa shape index (κ3) is 4.78. The first-order chi connectivity index (χ1) is 13.0. The molecule has 6 heteroatoms. The lowest BCUT2D eigenvalue weighted by Crippen LogP contribution is -2.23. The molecule has 1 aliphatic carbocycles. The van der Waals surface area contributed by atoms with Gasteiger partial charge in [0, 0.05) is 16.3 Å². The van der Waals surface area contributed by atoms with Gasteiger partial charge in [-0.2, -0.15) is 0 Å². The van der Waals surface area contributed by atoms with Crippen molar-refractivity contribution in [2.75, 3.05) is 12.8 Å². The van der Waals surface area contributed by atoms with E-state index in [-0.39, 0.29) is 17.8 Å². The summed E-state index contributed by atoms with van der Waals surface area (Å²) in [6.07, 6.45) is 5.83. The van der Waals surface area contributed by atoms with Crippen molar-refractivity contribution >= 4 is 23.5 Å². The Kier molecular flexibility index (Phi) is 6.32. The van der Waals surface area contributed by atoms with Crippen molar-refractivity contribution in [1.82, 2.24) is 9.97 Å². The van der Waals surface area contributed by atoms with Crippen LogP contribution in [0.1, 0.15) is 43.4 Å². The van der Waals surface area contributed by atoms with Crippen LogP contribution in [0.3, 0.4) is 0 Å². The number of nitrogen functional groups attached to an aromatic ring is 1. The van der Waals surface area contributed by atoms with Gasteiger partial charge in [0.1, 0.15) is 0 Å². The summed E-state index contributed by atoms with van der Waals surface area (Å²) in [6.45, 7) is 1.98. The third-order valence-electron chi connectivity index (χ3n) is 5.53. The number of ether oxygens (including phenoxy) is 1. The molecule has 1 fully saturated rings. The van der Waals surface area contributed by atoms with Crippen molar-refractivity contribution < 1.29 is 9.53 Å². The van der Waals surface area contributed by atoms with E-state index in [2.05, 4.69) is 9.97 Å². The quantitative estimate of drug-likeness (QED) is 0.758. The fraction of sp³-hybridized carbons (Fsp3) is 0.476. The number of anilines is 1. The molecule has 0 radical (unpaired) electrons. The van der Waals surface area contributed by atoms with E-state index in [1.165, 1.54) is 7.11 Å². The number of hydrogen-bond donors (Lipinski definition) is 1. The van der Waals surface area contributed by atoms with E-state index < -0.39 is 0 Å². The molecule has 2 aromatic rings. The topological polar surface area (TPSA) is 78.1 Å². The molecule has 0 aliphatic heterocycles. The number of hydrogen-bond acceptors (Lipinski definition) is 5. The largest absolute Gasteiger partial charge is 0.469 e. The van der Waals surface area contributed by atoms with Crippen molar-refractivity contribution in [1.29, 1.82) is 0 Å². The molecule has 5 nitrogen and oxygen atoms in total. The molecule has 0 atom stereocenters. The van der Waals surface area contributed by atoms with E-state index >= 15 is 0 Å². The minimum absolute atomic E-state index is 0.0679. The summed E-state index contributed by atoms with van der Waals surface area (Å²) in [5, 5.41) is 0.716. The standard InChI is InChI=1S/C21H26ClN3O2/c1-13-17(4-3-5-18(13)22)19-12-16(24-21(23)25-19)11-8-14-6-9-15(10-7-14)20(26)27-2/h3-5,12,14-15H,6-11H2,1-2H3,(H2,23,24,25). The lowest BCUT2D eigenvalue weighted by Gasteiger charge is -2.26. The first-order valence-electron chi connectivity index (χ1n) is 9.44. The Bertz CT molecular complexity index is 817. The highest BCUT2D eigenvalue weighted by atomic mass is 35.5. The number of benzene rings is 1. The second-order valence-electron chi connectivity index (χ2n) is 7.29. The van der Waals surface area contributed by atoms with Gasteiger partial charge in [-0.3, -0.25) is 4.79 Å². The van der Waals surface area contributed by atoms with Crippen LogP contribution < -0.4 is 5.73 Å². The number of methoxy groups -OCH3 is 1. The van der Waals surface area contributed by atoms with E-state index in [0.717, 1.165) is 61.0 Å². The summed E-state index contributed by atoms with van der Waals surface area (Å²) in [5.74, 6) is 0.895. The van der Waals surface area contributed by atoms with Crippen LogP contribution in [0, 0.1) is 18.8 Å². The van der Waals surface area contributed by atoms with Crippen molar-refractivity contribution in [3.63, 3.8) is 0 Å². The van der Waals surface area contributed by atoms with Crippen LogP contribution in [0.4, 0.5) is 5.95 Å². The lowest BCUT2D eigenvalue weighted by molar-refractivity contribution is -0.146. The summed E-state index contributed by atoms with van der Waals surface area (Å²) in [5.41, 5.74) is 9.69. The molecule has 1 aromatic heterocycles. The Hall–Kier alpha value is -2.14. The van der Waals surface area contributed by atoms with Gasteiger partial charge in [-0.15, -0.1) is 0 Å². The molecule has 2 N–H and O–H groups in total. The summed E-state index contributed by atoms with van der Waals surface area (Å²) in [7, 11) is 1.47.